The fourth-order valence-electron chi connectivity index (χ4n) is 1.46. The zero-order valence-corrected chi connectivity index (χ0v) is 10.1. The Morgan fingerprint density at radius 1 is 1.36 bits per heavy atom. The van der Waals surface area contributed by atoms with E-state index in [2.05, 4.69) is 51.7 Å². The topological polar surface area (TPSA) is 12.0 Å². The molecule has 0 heterocycles. The second kappa shape index (κ2) is 5.69. The minimum absolute atomic E-state index is 0.174. The molecule has 1 N–H and O–H groups in total. The van der Waals surface area contributed by atoms with Gasteiger partial charge in [-0.15, -0.1) is 0 Å². The van der Waals surface area contributed by atoms with E-state index in [9.17, 15) is 0 Å². The van der Waals surface area contributed by atoms with E-state index in [0.717, 1.165) is 6.42 Å². The van der Waals surface area contributed by atoms with Crippen LogP contribution in [-0.4, -0.2) is 0 Å². The van der Waals surface area contributed by atoms with Gasteiger partial charge in [-0.2, -0.15) is 0 Å². The number of hydrogen-bond acceptors (Lipinski definition) is 1. The summed E-state index contributed by atoms with van der Waals surface area (Å²) in [4.78, 5) is 0. The molecule has 0 rings (SSSR count). The molecule has 0 aromatic rings. The van der Waals surface area contributed by atoms with Crippen molar-refractivity contribution in [1.29, 1.82) is 0 Å². The molecule has 14 heavy (non-hydrogen) atoms. The molecule has 1 heteroatoms. The van der Waals surface area contributed by atoms with Crippen molar-refractivity contribution in [2.75, 3.05) is 0 Å². The quantitative estimate of drug-likeness (QED) is 0.665. The van der Waals surface area contributed by atoms with Gasteiger partial charge in [0, 0.05) is 5.70 Å². The van der Waals surface area contributed by atoms with Gasteiger partial charge in [0.25, 0.3) is 0 Å². The number of hydrogen-bond donors (Lipinski definition) is 1. The second-order valence-electron chi connectivity index (χ2n) is 4.34. The van der Waals surface area contributed by atoms with Crippen molar-refractivity contribution < 1.29 is 0 Å². The van der Waals surface area contributed by atoms with Gasteiger partial charge in [-0.1, -0.05) is 46.4 Å². The molecule has 80 valence electrons. The molecule has 0 unspecified atom stereocenters. The van der Waals surface area contributed by atoms with Crippen molar-refractivity contribution in [1.82, 2.24) is 5.32 Å². The van der Waals surface area contributed by atoms with Gasteiger partial charge in [0.05, 0.1) is 0 Å². The van der Waals surface area contributed by atoms with Crippen molar-refractivity contribution in [3.8, 4) is 0 Å². The lowest BCUT2D eigenvalue weighted by Crippen LogP contribution is -2.16. The smallest absolute Gasteiger partial charge is 0.0181 e. The van der Waals surface area contributed by atoms with Crippen molar-refractivity contribution >= 4 is 0 Å². The van der Waals surface area contributed by atoms with Gasteiger partial charge in [0.1, 0.15) is 0 Å². The van der Waals surface area contributed by atoms with Crippen LogP contribution < -0.4 is 5.32 Å². The summed E-state index contributed by atoms with van der Waals surface area (Å²) < 4.78 is 0. The molecular weight excluding hydrogens is 170 g/mol. The van der Waals surface area contributed by atoms with E-state index in [0.29, 0.717) is 0 Å². The summed E-state index contributed by atoms with van der Waals surface area (Å²) in [5.74, 6) is 0. The van der Waals surface area contributed by atoms with Crippen molar-refractivity contribution in [2.24, 2.45) is 5.41 Å². The summed E-state index contributed by atoms with van der Waals surface area (Å²) in [5, 5.41) is 3.22. The van der Waals surface area contributed by atoms with Gasteiger partial charge in [0.15, 0.2) is 0 Å². The van der Waals surface area contributed by atoms with E-state index in [1.54, 1.807) is 6.20 Å². The fourth-order valence-corrected chi connectivity index (χ4v) is 1.46. The molecular formula is C13H23N. The SMILES string of the molecule is C=CN/C(CC)=C(/C=C\C)C(C)(C)C. The summed E-state index contributed by atoms with van der Waals surface area (Å²) in [6.45, 7) is 14.6. The average Bonchev–Trinajstić information content (AvgIpc) is 2.09. The van der Waals surface area contributed by atoms with Gasteiger partial charge in [0.2, 0.25) is 0 Å². The van der Waals surface area contributed by atoms with Gasteiger partial charge >= 0.3 is 0 Å². The van der Waals surface area contributed by atoms with Crippen LogP contribution in [0.25, 0.3) is 0 Å². The van der Waals surface area contributed by atoms with Crippen molar-refractivity contribution in [3.63, 3.8) is 0 Å². The highest BCUT2D eigenvalue weighted by Crippen LogP contribution is 2.29. The first-order valence-corrected chi connectivity index (χ1v) is 5.21. The zero-order valence-electron chi connectivity index (χ0n) is 10.1. The maximum absolute atomic E-state index is 3.70. The van der Waals surface area contributed by atoms with Crippen molar-refractivity contribution in [3.05, 3.63) is 36.2 Å². The molecule has 0 aliphatic heterocycles. The van der Waals surface area contributed by atoms with E-state index < -0.39 is 0 Å². The molecule has 0 amide bonds. The van der Waals surface area contributed by atoms with E-state index in [-0.39, 0.29) is 5.41 Å². The van der Waals surface area contributed by atoms with Crippen LogP contribution in [0.3, 0.4) is 0 Å². The molecule has 0 aliphatic rings. The highest BCUT2D eigenvalue weighted by atomic mass is 14.8. The van der Waals surface area contributed by atoms with Gasteiger partial charge in [-0.3, -0.25) is 0 Å². The highest BCUT2D eigenvalue weighted by molar-refractivity contribution is 5.30. The Hall–Kier alpha value is -0.980. The third kappa shape index (κ3) is 3.82. The van der Waals surface area contributed by atoms with Crippen LogP contribution >= 0.6 is 0 Å². The number of allylic oxidation sites excluding steroid dienone is 4. The van der Waals surface area contributed by atoms with Crippen LogP contribution in [0.15, 0.2) is 36.2 Å². The third-order valence-electron chi connectivity index (χ3n) is 2.10. The lowest BCUT2D eigenvalue weighted by molar-refractivity contribution is 0.506. The molecule has 0 aromatic heterocycles. The predicted molar refractivity (Wildman–Crippen MR) is 64.9 cm³/mol. The van der Waals surface area contributed by atoms with Gasteiger partial charge in [-0.25, -0.2) is 0 Å². The Morgan fingerprint density at radius 2 is 1.93 bits per heavy atom. The summed E-state index contributed by atoms with van der Waals surface area (Å²) in [6, 6.07) is 0. The molecule has 0 saturated carbocycles. The molecule has 0 aliphatic carbocycles. The average molecular weight is 193 g/mol. The minimum Gasteiger partial charge on any atom is -0.365 e. The lowest BCUT2D eigenvalue weighted by atomic mass is 9.84. The van der Waals surface area contributed by atoms with Gasteiger partial charge in [-0.05, 0) is 30.5 Å². The minimum atomic E-state index is 0.174. The van der Waals surface area contributed by atoms with Crippen molar-refractivity contribution in [2.45, 2.75) is 41.0 Å². The first-order chi connectivity index (χ1) is 6.47. The maximum atomic E-state index is 3.70. The Kier molecular flexibility index (Phi) is 5.29. The molecule has 0 bridgehead atoms. The first-order valence-electron chi connectivity index (χ1n) is 5.21. The van der Waals surface area contributed by atoms with Crippen LogP contribution in [0.1, 0.15) is 41.0 Å². The maximum Gasteiger partial charge on any atom is 0.0181 e. The molecule has 0 aromatic carbocycles. The van der Waals surface area contributed by atoms with Crippen LogP contribution in [-0.2, 0) is 0 Å². The lowest BCUT2D eigenvalue weighted by Gasteiger charge is -2.24. The predicted octanol–water partition coefficient (Wildman–Crippen LogP) is 4.01. The molecule has 0 atom stereocenters. The Labute approximate surface area is 88.6 Å². The van der Waals surface area contributed by atoms with Crippen LogP contribution in [0.5, 0.6) is 0 Å². The first kappa shape index (κ1) is 13.0. The van der Waals surface area contributed by atoms with Crippen LogP contribution in [0.2, 0.25) is 0 Å². The van der Waals surface area contributed by atoms with Crippen LogP contribution in [0.4, 0.5) is 0 Å². The van der Waals surface area contributed by atoms with E-state index in [1.807, 2.05) is 6.92 Å². The highest BCUT2D eigenvalue weighted by Gasteiger charge is 2.17. The summed E-state index contributed by atoms with van der Waals surface area (Å²) in [5.41, 5.74) is 2.78. The Balaban J connectivity index is 5.19. The van der Waals surface area contributed by atoms with E-state index in [1.165, 1.54) is 11.3 Å². The standard InChI is InChI=1S/C13H23N/c1-7-10-11(13(4,5)6)12(8-2)14-9-3/h7,9-10,14H,3,8H2,1-2,4-6H3/b10-7-,12-11-. The molecule has 1 nitrogen and oxygen atoms in total. The zero-order chi connectivity index (χ0) is 11.2. The normalized spacial score (nSPS) is 14.1. The molecule has 0 radical (unpaired) electrons. The molecule has 0 fully saturated rings. The second-order valence-corrected chi connectivity index (χ2v) is 4.34. The Bertz CT molecular complexity index is 238. The monoisotopic (exact) mass is 193 g/mol. The largest absolute Gasteiger partial charge is 0.365 e. The Morgan fingerprint density at radius 3 is 2.21 bits per heavy atom. The third-order valence-corrected chi connectivity index (χ3v) is 2.10. The molecule has 0 saturated heterocycles. The summed E-state index contributed by atoms with van der Waals surface area (Å²) >= 11 is 0. The van der Waals surface area contributed by atoms with Gasteiger partial charge < -0.3 is 5.32 Å². The number of nitrogens with one attached hydrogen (secondary N) is 1. The summed E-state index contributed by atoms with van der Waals surface area (Å²) in [6.07, 6.45) is 7.01. The van der Waals surface area contributed by atoms with E-state index in [4.69, 9.17) is 0 Å². The molecule has 0 spiro atoms. The van der Waals surface area contributed by atoms with E-state index >= 15 is 0 Å². The van der Waals surface area contributed by atoms with Crippen LogP contribution in [0, 0.1) is 5.41 Å². The fraction of sp³-hybridized carbons (Fsp3) is 0.538. The number of rotatable bonds is 4. The summed E-state index contributed by atoms with van der Waals surface area (Å²) in [7, 11) is 0.